The monoisotopic (exact) mass is 328 g/mol. The lowest BCUT2D eigenvalue weighted by Gasteiger charge is -2.11. The van der Waals surface area contributed by atoms with E-state index in [0.717, 1.165) is 10.8 Å². The molecule has 2 nitrogen and oxygen atoms in total. The molecule has 110 valence electrons. The van der Waals surface area contributed by atoms with Crippen LogP contribution in [0.2, 0.25) is 0 Å². The van der Waals surface area contributed by atoms with E-state index in [4.69, 9.17) is 11.6 Å². The third-order valence-electron chi connectivity index (χ3n) is 3.42. The largest absolute Gasteiger partial charge is 0.291 e. The minimum Gasteiger partial charge on any atom is -0.291 e. The highest BCUT2D eigenvalue weighted by Gasteiger charge is 2.26. The number of benzene rings is 3. The first-order chi connectivity index (χ1) is 10.7. The number of ketones is 1. The molecule has 2 unspecified atom stereocenters. The molecule has 0 aromatic heterocycles. The molecular formula is C18H13ClO2S. The van der Waals surface area contributed by atoms with Crippen molar-refractivity contribution < 1.29 is 9.00 Å². The number of hydrogen-bond donors (Lipinski definition) is 0. The Morgan fingerprint density at radius 3 is 2.27 bits per heavy atom. The van der Waals surface area contributed by atoms with Gasteiger partial charge in [0.25, 0.3) is 0 Å². The van der Waals surface area contributed by atoms with E-state index in [-0.39, 0.29) is 5.78 Å². The molecule has 0 aliphatic heterocycles. The van der Waals surface area contributed by atoms with Crippen molar-refractivity contribution in [1.29, 1.82) is 0 Å². The van der Waals surface area contributed by atoms with E-state index < -0.39 is 15.5 Å². The minimum absolute atomic E-state index is 0.319. The molecule has 0 heterocycles. The molecule has 0 saturated carbocycles. The van der Waals surface area contributed by atoms with Crippen LogP contribution in [0.25, 0.3) is 10.8 Å². The van der Waals surface area contributed by atoms with Crippen molar-refractivity contribution in [2.45, 2.75) is 9.60 Å². The summed E-state index contributed by atoms with van der Waals surface area (Å²) in [6.45, 7) is 0. The van der Waals surface area contributed by atoms with Crippen LogP contribution in [-0.2, 0) is 10.8 Å². The number of hydrogen-bond acceptors (Lipinski definition) is 2. The number of carbonyl (C=O) groups is 1. The van der Waals surface area contributed by atoms with Gasteiger partial charge in [0.15, 0.2) is 10.5 Å². The van der Waals surface area contributed by atoms with E-state index in [1.165, 1.54) is 0 Å². The lowest BCUT2D eigenvalue weighted by atomic mass is 10.0. The van der Waals surface area contributed by atoms with Crippen molar-refractivity contribution >= 4 is 39.0 Å². The van der Waals surface area contributed by atoms with Crippen molar-refractivity contribution in [1.82, 2.24) is 0 Å². The number of fused-ring (bicyclic) bond motifs is 1. The molecule has 0 fully saturated rings. The smallest absolute Gasteiger partial charge is 0.194 e. The summed E-state index contributed by atoms with van der Waals surface area (Å²) in [5.41, 5.74) is 0.502. The molecule has 0 saturated heterocycles. The predicted molar refractivity (Wildman–Crippen MR) is 90.8 cm³/mol. The van der Waals surface area contributed by atoms with E-state index in [2.05, 4.69) is 0 Å². The fourth-order valence-corrected chi connectivity index (χ4v) is 3.75. The summed E-state index contributed by atoms with van der Waals surface area (Å²) in [6, 6.07) is 21.9. The number of halogens is 1. The fraction of sp³-hybridized carbons (Fsp3) is 0.0556. The summed E-state index contributed by atoms with van der Waals surface area (Å²) in [5, 5.41) is 1.79. The third-order valence-corrected chi connectivity index (χ3v) is 5.44. The molecule has 0 aliphatic rings. The SMILES string of the molecule is O=C(c1cccc2ccccc12)C(Cl)S(=O)c1ccccc1. The quantitative estimate of drug-likeness (QED) is 0.525. The molecule has 3 rings (SSSR count). The standard InChI is InChI=1S/C18H13ClO2S/c19-18(22(21)14-9-2-1-3-10-14)17(20)16-12-6-8-13-7-4-5-11-15(13)16/h1-12,18H. The van der Waals surface area contributed by atoms with Crippen LogP contribution < -0.4 is 0 Å². The molecular weight excluding hydrogens is 316 g/mol. The Hall–Kier alpha value is -1.97. The molecule has 0 aliphatic carbocycles. The van der Waals surface area contributed by atoms with Gasteiger partial charge in [-0.1, -0.05) is 72.3 Å². The average Bonchev–Trinajstić information content (AvgIpc) is 2.60. The second kappa shape index (κ2) is 6.42. The van der Waals surface area contributed by atoms with Crippen LogP contribution in [-0.4, -0.2) is 14.7 Å². The fourth-order valence-electron chi connectivity index (χ4n) is 2.33. The molecule has 22 heavy (non-hydrogen) atoms. The van der Waals surface area contributed by atoms with Crippen LogP contribution in [0.1, 0.15) is 10.4 Å². The van der Waals surface area contributed by atoms with Gasteiger partial charge in [-0.3, -0.25) is 9.00 Å². The van der Waals surface area contributed by atoms with Crippen LogP contribution >= 0.6 is 11.6 Å². The molecule has 3 aromatic carbocycles. The van der Waals surface area contributed by atoms with Crippen molar-refractivity contribution in [3.63, 3.8) is 0 Å². The molecule has 0 bridgehead atoms. The molecule has 0 amide bonds. The molecule has 0 N–H and O–H groups in total. The van der Waals surface area contributed by atoms with Crippen LogP contribution in [0.15, 0.2) is 77.7 Å². The maximum Gasteiger partial charge on any atom is 0.194 e. The van der Waals surface area contributed by atoms with E-state index in [0.29, 0.717) is 10.5 Å². The summed E-state index contributed by atoms with van der Waals surface area (Å²) < 4.78 is 11.4. The lowest BCUT2D eigenvalue weighted by Crippen LogP contribution is -2.20. The Kier molecular flexibility index (Phi) is 4.36. The molecule has 3 aromatic rings. The highest BCUT2D eigenvalue weighted by molar-refractivity contribution is 7.88. The summed E-state index contributed by atoms with van der Waals surface area (Å²) in [7, 11) is -1.59. The zero-order valence-electron chi connectivity index (χ0n) is 11.6. The third kappa shape index (κ3) is 2.82. The highest BCUT2D eigenvalue weighted by Crippen LogP contribution is 2.24. The Morgan fingerprint density at radius 1 is 0.864 bits per heavy atom. The van der Waals surface area contributed by atoms with Gasteiger partial charge >= 0.3 is 0 Å². The summed E-state index contributed by atoms with van der Waals surface area (Å²) in [4.78, 5) is 13.2. The van der Waals surface area contributed by atoms with Gasteiger partial charge in [-0.15, -0.1) is 0 Å². The molecule has 0 radical (unpaired) electrons. The Labute approximate surface area is 136 Å². The van der Waals surface area contributed by atoms with Crippen LogP contribution in [0, 0.1) is 0 Å². The Bertz CT molecular complexity index is 841. The van der Waals surface area contributed by atoms with Gasteiger partial charge in [0, 0.05) is 10.5 Å². The minimum atomic E-state index is -1.59. The van der Waals surface area contributed by atoms with Crippen LogP contribution in [0.4, 0.5) is 0 Å². The van der Waals surface area contributed by atoms with Crippen molar-refractivity contribution in [2.24, 2.45) is 0 Å². The van der Waals surface area contributed by atoms with E-state index in [1.807, 2.05) is 42.5 Å². The summed E-state index contributed by atoms with van der Waals surface area (Å²) >= 11 is 6.20. The second-order valence-electron chi connectivity index (χ2n) is 4.82. The van der Waals surface area contributed by atoms with Crippen molar-refractivity contribution in [3.05, 3.63) is 78.4 Å². The maximum absolute atomic E-state index is 12.6. The van der Waals surface area contributed by atoms with Gasteiger partial charge in [0.2, 0.25) is 0 Å². The van der Waals surface area contributed by atoms with Gasteiger partial charge in [-0.25, -0.2) is 0 Å². The van der Waals surface area contributed by atoms with Crippen LogP contribution in [0.5, 0.6) is 0 Å². The highest BCUT2D eigenvalue weighted by atomic mass is 35.5. The van der Waals surface area contributed by atoms with E-state index >= 15 is 0 Å². The van der Waals surface area contributed by atoms with E-state index in [9.17, 15) is 9.00 Å². The molecule has 2 atom stereocenters. The number of Topliss-reactive ketones (excluding diaryl/α,β-unsaturated/α-hetero) is 1. The van der Waals surface area contributed by atoms with Crippen LogP contribution in [0.3, 0.4) is 0 Å². The first-order valence-electron chi connectivity index (χ1n) is 6.80. The molecule has 0 spiro atoms. The zero-order valence-corrected chi connectivity index (χ0v) is 13.2. The zero-order chi connectivity index (χ0) is 15.5. The lowest BCUT2D eigenvalue weighted by molar-refractivity contribution is 0.101. The molecule has 4 heteroatoms. The van der Waals surface area contributed by atoms with Gasteiger partial charge in [0.05, 0.1) is 10.8 Å². The summed E-state index contributed by atoms with van der Waals surface area (Å²) in [5.74, 6) is -0.319. The van der Waals surface area contributed by atoms with E-state index in [1.54, 1.807) is 30.3 Å². The van der Waals surface area contributed by atoms with Gasteiger partial charge in [-0.05, 0) is 22.9 Å². The average molecular weight is 329 g/mol. The second-order valence-corrected chi connectivity index (χ2v) is 7.05. The van der Waals surface area contributed by atoms with Gasteiger partial charge in [0.1, 0.15) is 0 Å². The number of carbonyl (C=O) groups excluding carboxylic acids is 1. The Balaban J connectivity index is 1.97. The van der Waals surface area contributed by atoms with Gasteiger partial charge in [-0.2, -0.15) is 0 Å². The maximum atomic E-state index is 12.6. The topological polar surface area (TPSA) is 34.1 Å². The van der Waals surface area contributed by atoms with Crippen molar-refractivity contribution in [2.75, 3.05) is 0 Å². The van der Waals surface area contributed by atoms with Crippen molar-refractivity contribution in [3.8, 4) is 0 Å². The normalized spacial score (nSPS) is 13.7. The predicted octanol–water partition coefficient (Wildman–Crippen LogP) is 4.40. The summed E-state index contributed by atoms with van der Waals surface area (Å²) in [6.07, 6.45) is 0. The number of alkyl halides is 1. The Morgan fingerprint density at radius 2 is 1.50 bits per heavy atom. The number of rotatable bonds is 4. The first-order valence-corrected chi connectivity index (χ1v) is 8.45. The van der Waals surface area contributed by atoms with Gasteiger partial charge < -0.3 is 0 Å². The first kappa shape index (κ1) is 14.9.